The second kappa shape index (κ2) is 11.3. The minimum Gasteiger partial charge on any atom is -0.489 e. The molecule has 194 valence electrons. The number of halogens is 1. The zero-order chi connectivity index (χ0) is 25.7. The Labute approximate surface area is 211 Å². The third kappa shape index (κ3) is 5.79. The molecule has 2 fully saturated rings. The first-order valence-corrected chi connectivity index (χ1v) is 12.3. The molecule has 0 spiro atoms. The topological polar surface area (TPSA) is 94.3 Å². The molecule has 2 heterocycles. The molecule has 4 rings (SSSR count). The van der Waals surface area contributed by atoms with Crippen molar-refractivity contribution in [3.05, 3.63) is 59.4 Å². The lowest BCUT2D eigenvalue weighted by atomic mass is 9.86. The fourth-order valence-corrected chi connectivity index (χ4v) is 4.91. The van der Waals surface area contributed by atoms with Crippen LogP contribution in [0.15, 0.2) is 42.5 Å². The Balaban J connectivity index is 1.39. The number of rotatable bonds is 7. The lowest BCUT2D eigenvalue weighted by molar-refractivity contribution is -0.123. The summed E-state index contributed by atoms with van der Waals surface area (Å²) in [5.41, 5.74) is 7.20. The number of carbonyl (C=O) groups excluding carboxylic acids is 2. The van der Waals surface area contributed by atoms with Crippen LogP contribution in [0.1, 0.15) is 36.8 Å². The molecule has 2 saturated heterocycles. The lowest BCUT2D eigenvalue weighted by Crippen LogP contribution is -2.48. The van der Waals surface area contributed by atoms with Crippen LogP contribution >= 0.6 is 0 Å². The Hall–Kier alpha value is -3.17. The highest BCUT2D eigenvalue weighted by Gasteiger charge is 2.35. The van der Waals surface area contributed by atoms with Crippen molar-refractivity contribution in [1.82, 2.24) is 4.90 Å². The van der Waals surface area contributed by atoms with E-state index in [0.29, 0.717) is 51.3 Å². The Morgan fingerprint density at radius 1 is 1.19 bits per heavy atom. The summed E-state index contributed by atoms with van der Waals surface area (Å²) in [6.07, 6.45) is 2.77. The number of anilines is 1. The number of piperidine rings is 1. The van der Waals surface area contributed by atoms with Gasteiger partial charge in [0, 0.05) is 65.1 Å². The molecule has 2 aromatic carbocycles. The van der Waals surface area contributed by atoms with Crippen molar-refractivity contribution in [3.63, 3.8) is 0 Å². The number of carbonyl (C=O) groups is 2. The normalized spacial score (nSPS) is 19.5. The Kier molecular flexibility index (Phi) is 8.11. The van der Waals surface area contributed by atoms with Crippen LogP contribution < -0.4 is 15.4 Å². The maximum atomic E-state index is 14.4. The molecule has 0 bridgehead atoms. The van der Waals surface area contributed by atoms with E-state index in [1.165, 1.54) is 12.1 Å². The molecule has 2 aliphatic rings. The molecule has 36 heavy (non-hydrogen) atoms. The van der Waals surface area contributed by atoms with E-state index in [1.807, 2.05) is 30.3 Å². The predicted octanol–water partition coefficient (Wildman–Crippen LogP) is 3.81. The van der Waals surface area contributed by atoms with Gasteiger partial charge in [-0.2, -0.15) is 0 Å². The fraction of sp³-hybridized carbons (Fsp3) is 0.481. The lowest BCUT2D eigenvalue weighted by Gasteiger charge is -2.36. The van der Waals surface area contributed by atoms with E-state index in [-0.39, 0.29) is 30.3 Å². The number of urea groups is 1. The van der Waals surface area contributed by atoms with E-state index in [0.717, 1.165) is 23.2 Å². The van der Waals surface area contributed by atoms with Gasteiger partial charge in [0.15, 0.2) is 0 Å². The molecule has 2 aromatic rings. The second-order valence-electron chi connectivity index (χ2n) is 9.47. The van der Waals surface area contributed by atoms with Crippen LogP contribution in [0.4, 0.5) is 14.9 Å². The van der Waals surface area contributed by atoms with Gasteiger partial charge in [-0.3, -0.25) is 9.69 Å². The van der Waals surface area contributed by atoms with Crippen LogP contribution in [0, 0.1) is 11.7 Å². The predicted molar refractivity (Wildman–Crippen MR) is 133 cm³/mol. The average molecular weight is 500 g/mol. The number of primary amides is 1. The summed E-state index contributed by atoms with van der Waals surface area (Å²) in [5, 5.41) is 0. The number of hydrogen-bond acceptors (Lipinski definition) is 5. The third-order valence-corrected chi connectivity index (χ3v) is 7.20. The van der Waals surface area contributed by atoms with Gasteiger partial charge in [-0.15, -0.1) is 0 Å². The van der Waals surface area contributed by atoms with E-state index in [4.69, 9.17) is 19.9 Å². The first-order chi connectivity index (χ1) is 17.3. The number of ether oxygens (including phenoxy) is 3. The number of benzene rings is 2. The molecule has 0 radical (unpaired) electrons. The van der Waals surface area contributed by atoms with Gasteiger partial charge in [0.1, 0.15) is 18.2 Å². The molecule has 8 nitrogen and oxygen atoms in total. The van der Waals surface area contributed by atoms with Gasteiger partial charge in [0.25, 0.3) is 0 Å². The first-order valence-electron chi connectivity index (χ1n) is 12.3. The number of hydrogen-bond donors (Lipinski definition) is 1. The zero-order valence-corrected chi connectivity index (χ0v) is 20.9. The summed E-state index contributed by atoms with van der Waals surface area (Å²) in [4.78, 5) is 27.7. The van der Waals surface area contributed by atoms with E-state index < -0.39 is 5.60 Å². The number of amides is 3. The highest BCUT2D eigenvalue weighted by Crippen LogP contribution is 2.37. The fourth-order valence-electron chi connectivity index (χ4n) is 4.91. The summed E-state index contributed by atoms with van der Waals surface area (Å²) < 4.78 is 31.6. The molecule has 0 saturated carbocycles. The monoisotopic (exact) mass is 499 g/mol. The quantitative estimate of drug-likeness (QED) is 0.625. The summed E-state index contributed by atoms with van der Waals surface area (Å²) in [6, 6.07) is 11.9. The molecule has 2 N–H and O–H groups in total. The summed E-state index contributed by atoms with van der Waals surface area (Å²) >= 11 is 0. The second-order valence-corrected chi connectivity index (χ2v) is 9.47. The van der Waals surface area contributed by atoms with Crippen molar-refractivity contribution in [3.8, 4) is 5.75 Å². The van der Waals surface area contributed by atoms with E-state index in [9.17, 15) is 14.0 Å². The van der Waals surface area contributed by atoms with Crippen LogP contribution in [0.2, 0.25) is 0 Å². The number of methoxy groups -OCH3 is 1. The molecular weight excluding hydrogens is 465 g/mol. The first kappa shape index (κ1) is 25.9. The Bertz CT molecular complexity index is 1070. The van der Waals surface area contributed by atoms with Gasteiger partial charge in [0.2, 0.25) is 5.91 Å². The van der Waals surface area contributed by atoms with Gasteiger partial charge in [0.05, 0.1) is 11.5 Å². The van der Waals surface area contributed by atoms with Gasteiger partial charge in [-0.25, -0.2) is 9.18 Å². The SMILES string of the molecule is COC1(c2cc(F)cc(OCc3ccc(N(C)C(=O)N4CCCC(C(N)=O)C4)cc3)c2)CCOCC1. The van der Waals surface area contributed by atoms with Crippen LogP contribution in [0.25, 0.3) is 0 Å². The molecule has 3 amide bonds. The van der Waals surface area contributed by atoms with Gasteiger partial charge in [-0.05, 0) is 48.2 Å². The van der Waals surface area contributed by atoms with Crippen LogP contribution in [-0.4, -0.2) is 57.3 Å². The van der Waals surface area contributed by atoms with E-state index >= 15 is 0 Å². The number of likely N-dealkylation sites (tertiary alicyclic amines) is 1. The molecule has 0 aromatic heterocycles. The maximum absolute atomic E-state index is 14.4. The van der Waals surface area contributed by atoms with Gasteiger partial charge < -0.3 is 24.8 Å². The third-order valence-electron chi connectivity index (χ3n) is 7.20. The largest absolute Gasteiger partial charge is 0.489 e. The molecule has 1 unspecified atom stereocenters. The van der Waals surface area contributed by atoms with E-state index in [2.05, 4.69) is 0 Å². The van der Waals surface area contributed by atoms with Crippen LogP contribution in [0.3, 0.4) is 0 Å². The van der Waals surface area contributed by atoms with Crippen LogP contribution in [0.5, 0.6) is 5.75 Å². The highest BCUT2D eigenvalue weighted by atomic mass is 19.1. The van der Waals surface area contributed by atoms with Crippen molar-refractivity contribution in [2.24, 2.45) is 11.7 Å². The summed E-state index contributed by atoms with van der Waals surface area (Å²) in [6.45, 7) is 2.32. The Morgan fingerprint density at radius 3 is 2.58 bits per heavy atom. The van der Waals surface area contributed by atoms with Crippen LogP contribution in [-0.2, 0) is 26.5 Å². The number of nitrogens with two attached hydrogens (primary N) is 1. The number of nitrogens with zero attached hydrogens (tertiary/aromatic N) is 2. The van der Waals surface area contributed by atoms with Gasteiger partial charge >= 0.3 is 6.03 Å². The highest BCUT2D eigenvalue weighted by molar-refractivity contribution is 5.92. The van der Waals surface area contributed by atoms with Crippen molar-refractivity contribution < 1.29 is 28.2 Å². The standard InChI is InChI=1S/C27H34FN3O5/c1-30(26(33)31-11-3-4-20(17-31)25(29)32)23-7-5-19(6-8-23)18-36-24-15-21(14-22(28)16-24)27(34-2)9-12-35-13-10-27/h5-8,14-16,20H,3-4,9-13,17-18H2,1-2H3,(H2,29,32). The van der Waals surface area contributed by atoms with Gasteiger partial charge in [-0.1, -0.05) is 12.1 Å². The molecule has 9 heteroatoms. The summed E-state index contributed by atoms with van der Waals surface area (Å²) in [7, 11) is 3.35. The minimum absolute atomic E-state index is 0.169. The molecule has 1 atom stereocenters. The Morgan fingerprint density at radius 2 is 1.92 bits per heavy atom. The zero-order valence-electron chi connectivity index (χ0n) is 20.9. The van der Waals surface area contributed by atoms with Crippen molar-refractivity contribution in [1.29, 1.82) is 0 Å². The smallest absolute Gasteiger partial charge is 0.324 e. The maximum Gasteiger partial charge on any atom is 0.324 e. The summed E-state index contributed by atoms with van der Waals surface area (Å²) in [5.74, 6) is -0.616. The molecule has 2 aliphatic heterocycles. The van der Waals surface area contributed by atoms with E-state index in [1.54, 1.807) is 24.0 Å². The van der Waals surface area contributed by atoms with Crippen molar-refractivity contribution >= 4 is 17.6 Å². The van der Waals surface area contributed by atoms with Crippen molar-refractivity contribution in [2.45, 2.75) is 37.9 Å². The molecular formula is C27H34FN3O5. The average Bonchev–Trinajstić information content (AvgIpc) is 2.91. The van der Waals surface area contributed by atoms with Crippen molar-refractivity contribution in [2.75, 3.05) is 45.4 Å². The minimum atomic E-state index is -0.580. The molecule has 0 aliphatic carbocycles.